The van der Waals surface area contributed by atoms with Crippen LogP contribution in [-0.2, 0) is 0 Å². The van der Waals surface area contributed by atoms with Crippen LogP contribution in [0.15, 0.2) is 0 Å². The molecule has 2 fully saturated rings. The Bertz CT molecular complexity index is 576. The second kappa shape index (κ2) is 5.83. The van der Waals surface area contributed by atoms with E-state index < -0.39 is 0 Å². The fraction of sp³-hybridized carbons (Fsp3) is 0.733. The van der Waals surface area contributed by atoms with Crippen molar-refractivity contribution in [3.63, 3.8) is 0 Å². The molecule has 0 aromatic carbocycles. The van der Waals surface area contributed by atoms with Crippen molar-refractivity contribution >= 4 is 17.5 Å². The van der Waals surface area contributed by atoms with Gasteiger partial charge in [0.1, 0.15) is 0 Å². The Balaban J connectivity index is 1.81. The van der Waals surface area contributed by atoms with Crippen LogP contribution in [-0.4, -0.2) is 70.3 Å². The molecule has 6 nitrogen and oxygen atoms in total. The van der Waals surface area contributed by atoms with Gasteiger partial charge in [-0.1, -0.05) is 11.6 Å². The summed E-state index contributed by atoms with van der Waals surface area (Å²) in [5, 5.41) is 17.7. The molecular weight excluding hydrogens is 304 g/mol. The summed E-state index contributed by atoms with van der Waals surface area (Å²) < 4.78 is 0. The zero-order valence-electron chi connectivity index (χ0n) is 13.1. The third-order valence-corrected chi connectivity index (χ3v) is 5.51. The summed E-state index contributed by atoms with van der Waals surface area (Å²) in [6.07, 6.45) is 2.27. The monoisotopic (exact) mass is 326 g/mol. The third-order valence-electron chi connectivity index (χ3n) is 5.05. The number of piperidine rings is 2. The molecule has 7 heteroatoms. The highest BCUT2D eigenvalue weighted by atomic mass is 35.5. The number of aromatic amines is 1. The fourth-order valence-corrected chi connectivity index (χ4v) is 3.98. The van der Waals surface area contributed by atoms with Gasteiger partial charge in [0, 0.05) is 31.6 Å². The highest BCUT2D eigenvalue weighted by Crippen LogP contribution is 2.39. The summed E-state index contributed by atoms with van der Waals surface area (Å²) in [5.74, 6) is -0.145. The predicted molar refractivity (Wildman–Crippen MR) is 84.0 cm³/mol. The summed E-state index contributed by atoms with van der Waals surface area (Å²) >= 11 is 6.15. The molecule has 0 aliphatic carbocycles. The van der Waals surface area contributed by atoms with Gasteiger partial charge >= 0.3 is 0 Å². The highest BCUT2D eigenvalue weighted by Gasteiger charge is 2.46. The predicted octanol–water partition coefficient (Wildman–Crippen LogP) is 1.29. The smallest absolute Gasteiger partial charge is 0.275 e. The minimum Gasteiger partial charge on any atom is -0.392 e. The van der Waals surface area contributed by atoms with Crippen molar-refractivity contribution < 1.29 is 9.90 Å². The van der Waals surface area contributed by atoms with Crippen LogP contribution in [0, 0.1) is 12.3 Å². The quantitative estimate of drug-likeness (QED) is 0.815. The van der Waals surface area contributed by atoms with Gasteiger partial charge in [0.25, 0.3) is 5.91 Å². The van der Waals surface area contributed by atoms with E-state index in [2.05, 4.69) is 22.1 Å². The maximum atomic E-state index is 12.7. The minimum absolute atomic E-state index is 0.145. The van der Waals surface area contributed by atoms with Gasteiger partial charge in [0.2, 0.25) is 0 Å². The van der Waals surface area contributed by atoms with Gasteiger partial charge in [-0.2, -0.15) is 5.10 Å². The Labute approximate surface area is 135 Å². The normalized spacial score (nSPS) is 30.0. The molecule has 2 saturated heterocycles. The van der Waals surface area contributed by atoms with E-state index in [9.17, 15) is 9.90 Å². The summed E-state index contributed by atoms with van der Waals surface area (Å²) in [7, 11) is 2.07. The third kappa shape index (κ3) is 2.64. The lowest BCUT2D eigenvalue weighted by Crippen LogP contribution is -2.59. The van der Waals surface area contributed by atoms with Crippen LogP contribution in [0.25, 0.3) is 0 Å². The first-order chi connectivity index (χ1) is 10.4. The molecule has 1 spiro atoms. The summed E-state index contributed by atoms with van der Waals surface area (Å²) in [6, 6.07) is 0. The Hall–Kier alpha value is -1.11. The molecular formula is C15H23ClN4O2. The van der Waals surface area contributed by atoms with E-state index in [1.54, 1.807) is 11.8 Å². The molecule has 22 heavy (non-hydrogen) atoms. The number of aliphatic hydroxyl groups is 1. The first-order valence-corrected chi connectivity index (χ1v) is 8.17. The zero-order chi connectivity index (χ0) is 15.9. The SMILES string of the molecule is Cc1[nH]nc(C(=O)N2CCC[C@]3(CN(C)CC[C@@H]3O)C2)c1Cl. The van der Waals surface area contributed by atoms with Crippen molar-refractivity contribution in [2.24, 2.45) is 5.41 Å². The van der Waals surface area contributed by atoms with E-state index in [1.165, 1.54) is 0 Å². The molecule has 122 valence electrons. The fourth-order valence-electron chi connectivity index (χ4n) is 3.81. The number of nitrogens with zero attached hydrogens (tertiary/aromatic N) is 3. The van der Waals surface area contributed by atoms with Gasteiger partial charge in [-0.05, 0) is 33.2 Å². The number of amides is 1. The minimum atomic E-state index is -0.351. The molecule has 2 aliphatic heterocycles. The number of halogens is 1. The van der Waals surface area contributed by atoms with Crippen molar-refractivity contribution in [1.82, 2.24) is 20.0 Å². The molecule has 1 aromatic heterocycles. The van der Waals surface area contributed by atoms with E-state index in [1.807, 2.05) is 0 Å². The van der Waals surface area contributed by atoms with E-state index in [0.717, 1.165) is 32.4 Å². The van der Waals surface area contributed by atoms with Gasteiger partial charge in [0.15, 0.2) is 5.69 Å². The number of rotatable bonds is 1. The summed E-state index contributed by atoms with van der Waals surface area (Å²) in [4.78, 5) is 16.8. The average Bonchev–Trinajstić information content (AvgIpc) is 2.83. The van der Waals surface area contributed by atoms with E-state index in [4.69, 9.17) is 11.6 Å². The lowest BCUT2D eigenvalue weighted by Gasteiger charge is -2.50. The van der Waals surface area contributed by atoms with Crippen LogP contribution >= 0.6 is 11.6 Å². The molecule has 0 saturated carbocycles. The standard InChI is InChI=1S/C15H23ClN4O2/c1-10-12(16)13(18-17-10)14(22)20-6-3-5-15(9-20)8-19(2)7-4-11(15)21/h11,21H,3-9H2,1-2H3,(H,17,18)/t11-,15-/m0/s1. The number of carbonyl (C=O) groups excluding carboxylic acids is 1. The van der Waals surface area contributed by atoms with Gasteiger partial charge in [-0.3, -0.25) is 9.89 Å². The molecule has 2 atom stereocenters. The Morgan fingerprint density at radius 1 is 1.45 bits per heavy atom. The molecule has 2 N–H and O–H groups in total. The van der Waals surface area contributed by atoms with E-state index in [0.29, 0.717) is 23.8 Å². The van der Waals surface area contributed by atoms with Gasteiger partial charge in [-0.15, -0.1) is 0 Å². The highest BCUT2D eigenvalue weighted by molar-refractivity contribution is 6.34. The Morgan fingerprint density at radius 3 is 2.91 bits per heavy atom. The number of aryl methyl sites for hydroxylation is 1. The molecule has 1 amide bonds. The molecule has 3 heterocycles. The van der Waals surface area contributed by atoms with Gasteiger partial charge in [-0.25, -0.2) is 0 Å². The number of aromatic nitrogens is 2. The lowest BCUT2D eigenvalue weighted by molar-refractivity contribution is -0.0731. The maximum Gasteiger partial charge on any atom is 0.275 e. The molecule has 0 unspecified atom stereocenters. The topological polar surface area (TPSA) is 72.5 Å². The molecule has 1 aromatic rings. The maximum absolute atomic E-state index is 12.7. The van der Waals surface area contributed by atoms with Crippen LogP contribution in [0.2, 0.25) is 5.02 Å². The van der Waals surface area contributed by atoms with Crippen LogP contribution in [0.5, 0.6) is 0 Å². The van der Waals surface area contributed by atoms with Crippen molar-refractivity contribution in [3.8, 4) is 0 Å². The van der Waals surface area contributed by atoms with Crippen LogP contribution in [0.4, 0.5) is 0 Å². The summed E-state index contributed by atoms with van der Waals surface area (Å²) in [6.45, 7) is 4.79. The van der Waals surface area contributed by atoms with Crippen LogP contribution in [0.3, 0.4) is 0 Å². The van der Waals surface area contributed by atoms with E-state index >= 15 is 0 Å². The number of carbonyl (C=O) groups is 1. The largest absolute Gasteiger partial charge is 0.392 e. The van der Waals surface area contributed by atoms with Crippen molar-refractivity contribution in [3.05, 3.63) is 16.4 Å². The van der Waals surface area contributed by atoms with Crippen LogP contribution in [0.1, 0.15) is 35.4 Å². The lowest BCUT2D eigenvalue weighted by atomic mass is 9.71. The van der Waals surface area contributed by atoms with Gasteiger partial charge < -0.3 is 14.9 Å². The van der Waals surface area contributed by atoms with Crippen molar-refractivity contribution in [2.45, 2.75) is 32.3 Å². The molecule has 3 rings (SSSR count). The number of hydrogen-bond acceptors (Lipinski definition) is 4. The summed E-state index contributed by atoms with van der Waals surface area (Å²) in [5.41, 5.74) is 0.766. The van der Waals surface area contributed by atoms with Crippen molar-refractivity contribution in [1.29, 1.82) is 0 Å². The second-order valence-electron chi connectivity index (χ2n) is 6.75. The molecule has 0 radical (unpaired) electrons. The Morgan fingerprint density at radius 2 is 2.23 bits per heavy atom. The average molecular weight is 327 g/mol. The molecule has 2 aliphatic rings. The van der Waals surface area contributed by atoms with Crippen LogP contribution < -0.4 is 0 Å². The molecule has 0 bridgehead atoms. The number of H-pyrrole nitrogens is 1. The number of likely N-dealkylation sites (tertiary alicyclic amines) is 2. The van der Waals surface area contributed by atoms with E-state index in [-0.39, 0.29) is 23.1 Å². The Kier molecular flexibility index (Phi) is 4.18. The number of nitrogens with one attached hydrogen (secondary N) is 1. The first kappa shape index (κ1) is 15.8. The number of hydrogen-bond donors (Lipinski definition) is 2. The van der Waals surface area contributed by atoms with Crippen molar-refractivity contribution in [2.75, 3.05) is 33.2 Å². The zero-order valence-corrected chi connectivity index (χ0v) is 13.9. The number of aliphatic hydroxyl groups excluding tert-OH is 1. The second-order valence-corrected chi connectivity index (χ2v) is 7.12. The van der Waals surface area contributed by atoms with Gasteiger partial charge in [0.05, 0.1) is 16.8 Å². The first-order valence-electron chi connectivity index (χ1n) is 7.79.